The molecule has 2 heterocycles. The minimum atomic E-state index is -1.13. The minimum absolute atomic E-state index is 0.246. The second-order valence-electron chi connectivity index (χ2n) is 8.68. The van der Waals surface area contributed by atoms with E-state index in [1.54, 1.807) is 30.7 Å². The zero-order chi connectivity index (χ0) is 25.1. The van der Waals surface area contributed by atoms with Crippen LogP contribution >= 0.6 is 23.2 Å². The number of aryl methyl sites for hydroxylation is 1. The van der Waals surface area contributed by atoms with Gasteiger partial charge in [0.2, 0.25) is 5.79 Å². The first-order valence-corrected chi connectivity index (χ1v) is 12.2. The number of rotatable bonds is 8. The highest BCUT2D eigenvalue weighted by atomic mass is 35.5. The van der Waals surface area contributed by atoms with Crippen LogP contribution in [0.2, 0.25) is 10.0 Å². The normalized spacial score (nSPS) is 19.4. The van der Waals surface area contributed by atoms with Crippen LogP contribution in [0.5, 0.6) is 5.75 Å². The Morgan fingerprint density at radius 3 is 2.78 bits per heavy atom. The molecule has 0 N–H and O–H groups in total. The lowest BCUT2D eigenvalue weighted by Gasteiger charge is -2.30. The molecular formula is C28H24Cl2N2O4. The molecule has 0 amide bonds. The third-order valence-corrected chi connectivity index (χ3v) is 6.64. The Morgan fingerprint density at radius 2 is 2.00 bits per heavy atom. The molecule has 5 rings (SSSR count). The number of aromatic nitrogens is 2. The van der Waals surface area contributed by atoms with Gasteiger partial charge in [0.15, 0.2) is 6.29 Å². The van der Waals surface area contributed by atoms with Crippen LogP contribution in [0.25, 0.3) is 11.1 Å². The maximum Gasteiger partial charge on any atom is 0.215 e. The molecule has 2 atom stereocenters. The van der Waals surface area contributed by atoms with Crippen molar-refractivity contribution in [2.75, 3.05) is 13.2 Å². The summed E-state index contributed by atoms with van der Waals surface area (Å²) in [6, 6.07) is 18.6. The van der Waals surface area contributed by atoms with Crippen LogP contribution in [0.3, 0.4) is 0 Å². The molecule has 0 bridgehead atoms. The third-order valence-electron chi connectivity index (χ3n) is 6.09. The second kappa shape index (κ2) is 10.4. The van der Waals surface area contributed by atoms with Crippen LogP contribution in [-0.4, -0.2) is 35.2 Å². The molecule has 184 valence electrons. The smallest absolute Gasteiger partial charge is 0.215 e. The molecule has 1 aliphatic rings. The number of carbonyl (C=O) groups excluding carboxylic acids is 1. The molecule has 0 spiro atoms. The van der Waals surface area contributed by atoms with E-state index in [1.807, 2.05) is 60.2 Å². The van der Waals surface area contributed by atoms with Crippen LogP contribution < -0.4 is 4.74 Å². The molecule has 36 heavy (non-hydrogen) atoms. The van der Waals surface area contributed by atoms with E-state index in [9.17, 15) is 4.79 Å². The van der Waals surface area contributed by atoms with E-state index in [2.05, 4.69) is 4.98 Å². The van der Waals surface area contributed by atoms with Crippen molar-refractivity contribution in [1.82, 2.24) is 9.55 Å². The van der Waals surface area contributed by atoms with Gasteiger partial charge < -0.3 is 18.8 Å². The summed E-state index contributed by atoms with van der Waals surface area (Å²) in [7, 11) is 0. The van der Waals surface area contributed by atoms with Crippen molar-refractivity contribution < 1.29 is 19.0 Å². The lowest BCUT2D eigenvalue weighted by Crippen LogP contribution is -2.34. The van der Waals surface area contributed by atoms with Crippen molar-refractivity contribution in [1.29, 1.82) is 0 Å². The summed E-state index contributed by atoms with van der Waals surface area (Å²) < 4.78 is 20.9. The molecule has 6 nitrogen and oxygen atoms in total. The van der Waals surface area contributed by atoms with Gasteiger partial charge in [0.25, 0.3) is 0 Å². The fraction of sp³-hybridized carbons (Fsp3) is 0.214. The number of hydrogen-bond acceptors (Lipinski definition) is 5. The molecule has 1 aliphatic heterocycles. The fourth-order valence-corrected chi connectivity index (χ4v) is 4.94. The van der Waals surface area contributed by atoms with Crippen molar-refractivity contribution >= 4 is 29.5 Å². The molecule has 1 aromatic heterocycles. The zero-order valence-corrected chi connectivity index (χ0v) is 21.1. The number of benzene rings is 3. The Kier molecular flexibility index (Phi) is 7.12. The number of nitrogens with zero attached hydrogens (tertiary/aromatic N) is 2. The van der Waals surface area contributed by atoms with E-state index < -0.39 is 5.79 Å². The number of ether oxygens (including phenoxy) is 3. The zero-order valence-electron chi connectivity index (χ0n) is 19.6. The van der Waals surface area contributed by atoms with Gasteiger partial charge in [-0.1, -0.05) is 65.2 Å². The summed E-state index contributed by atoms with van der Waals surface area (Å²) in [6.07, 6.45) is 5.73. The Labute approximate surface area is 219 Å². The Hall–Kier alpha value is -3.16. The van der Waals surface area contributed by atoms with Crippen LogP contribution in [0.4, 0.5) is 0 Å². The quantitative estimate of drug-likeness (QED) is 0.253. The summed E-state index contributed by atoms with van der Waals surface area (Å²) in [6.45, 7) is 2.91. The lowest BCUT2D eigenvalue weighted by atomic mass is 9.98. The van der Waals surface area contributed by atoms with E-state index in [1.165, 1.54) is 0 Å². The molecule has 4 aromatic rings. The summed E-state index contributed by atoms with van der Waals surface area (Å²) in [5.74, 6) is -0.466. The summed E-state index contributed by atoms with van der Waals surface area (Å²) >= 11 is 12.7. The average molecular weight is 523 g/mol. The largest absolute Gasteiger partial charge is 0.490 e. The van der Waals surface area contributed by atoms with Crippen LogP contribution in [0, 0.1) is 6.92 Å². The lowest BCUT2D eigenvalue weighted by molar-refractivity contribution is -0.189. The molecule has 0 aliphatic carbocycles. The molecule has 0 radical (unpaired) electrons. The summed E-state index contributed by atoms with van der Waals surface area (Å²) in [4.78, 5) is 15.8. The number of halogens is 2. The third kappa shape index (κ3) is 5.04. The van der Waals surface area contributed by atoms with Crippen LogP contribution in [-0.2, 0) is 21.8 Å². The van der Waals surface area contributed by atoms with Gasteiger partial charge in [-0.25, -0.2) is 4.98 Å². The van der Waals surface area contributed by atoms with E-state index in [-0.39, 0.29) is 12.7 Å². The maximum atomic E-state index is 11.6. The predicted molar refractivity (Wildman–Crippen MR) is 139 cm³/mol. The SMILES string of the molecule is Cc1ccc(OCC2COC(Cn3ccnc3)(c3ccc(Cl)cc3Cl)O2)c(-c2ccccc2C=O)c1. The van der Waals surface area contributed by atoms with Gasteiger partial charge in [-0.3, -0.25) is 4.79 Å². The molecular weight excluding hydrogens is 499 g/mol. The first-order valence-electron chi connectivity index (χ1n) is 11.5. The Balaban J connectivity index is 1.40. The van der Waals surface area contributed by atoms with Gasteiger partial charge in [-0.05, 0) is 36.8 Å². The molecule has 1 saturated heterocycles. The van der Waals surface area contributed by atoms with Gasteiger partial charge in [-0.2, -0.15) is 0 Å². The van der Waals surface area contributed by atoms with E-state index in [0.717, 1.165) is 23.0 Å². The highest BCUT2D eigenvalue weighted by molar-refractivity contribution is 6.35. The molecule has 2 unspecified atom stereocenters. The van der Waals surface area contributed by atoms with Gasteiger partial charge >= 0.3 is 0 Å². The second-order valence-corrected chi connectivity index (χ2v) is 9.52. The predicted octanol–water partition coefficient (Wildman–Crippen LogP) is 6.33. The molecule has 1 fully saturated rings. The van der Waals surface area contributed by atoms with E-state index >= 15 is 0 Å². The van der Waals surface area contributed by atoms with Crippen molar-refractivity contribution in [3.8, 4) is 16.9 Å². The van der Waals surface area contributed by atoms with Crippen LogP contribution in [0.1, 0.15) is 21.5 Å². The summed E-state index contributed by atoms with van der Waals surface area (Å²) in [5.41, 5.74) is 4.01. The van der Waals surface area contributed by atoms with Gasteiger partial charge in [0.05, 0.1) is 24.5 Å². The van der Waals surface area contributed by atoms with E-state index in [4.69, 9.17) is 37.4 Å². The highest BCUT2D eigenvalue weighted by Gasteiger charge is 2.45. The van der Waals surface area contributed by atoms with Gasteiger partial charge in [0.1, 0.15) is 18.5 Å². The molecule has 8 heteroatoms. The van der Waals surface area contributed by atoms with Crippen molar-refractivity contribution in [2.24, 2.45) is 0 Å². The Morgan fingerprint density at radius 1 is 1.14 bits per heavy atom. The van der Waals surface area contributed by atoms with Crippen molar-refractivity contribution in [2.45, 2.75) is 25.4 Å². The van der Waals surface area contributed by atoms with Crippen LogP contribution in [0.15, 0.2) is 79.4 Å². The number of imidazole rings is 1. The number of aldehydes is 1. The highest BCUT2D eigenvalue weighted by Crippen LogP contribution is 2.41. The molecule has 0 saturated carbocycles. The number of carbonyl (C=O) groups is 1. The first kappa shape index (κ1) is 24.5. The first-order chi connectivity index (χ1) is 17.5. The Bertz CT molecular complexity index is 1380. The van der Waals surface area contributed by atoms with Gasteiger partial charge in [-0.15, -0.1) is 0 Å². The maximum absolute atomic E-state index is 11.6. The number of hydrogen-bond donors (Lipinski definition) is 0. The van der Waals surface area contributed by atoms with E-state index in [0.29, 0.717) is 40.1 Å². The standard InChI is InChI=1S/C28H24Cl2N2O4/c1-19-6-9-27(24(12-19)23-5-3-2-4-20(23)14-33)34-15-22-16-35-28(36-22,17-32-11-10-31-18-32)25-8-7-21(29)13-26(25)30/h2-14,18,22H,15-17H2,1H3. The topological polar surface area (TPSA) is 62.6 Å². The molecule has 3 aromatic carbocycles. The van der Waals surface area contributed by atoms with Crippen molar-refractivity contribution in [3.05, 3.63) is 106 Å². The minimum Gasteiger partial charge on any atom is -0.490 e. The van der Waals surface area contributed by atoms with Gasteiger partial charge in [0, 0.05) is 34.1 Å². The average Bonchev–Trinajstić information content (AvgIpc) is 3.54. The van der Waals surface area contributed by atoms with Crippen molar-refractivity contribution in [3.63, 3.8) is 0 Å². The summed E-state index contributed by atoms with van der Waals surface area (Å²) in [5, 5.41) is 0.984. The monoisotopic (exact) mass is 522 g/mol. The fourth-order valence-electron chi connectivity index (χ4n) is 4.38.